The van der Waals surface area contributed by atoms with Crippen LogP contribution in [0.25, 0.3) is 0 Å². The zero-order valence-electron chi connectivity index (χ0n) is 6.84. The fourth-order valence-electron chi connectivity index (χ4n) is 1.37. The number of rotatable bonds is 2. The maximum Gasteiger partial charge on any atom is 0.243 e. The number of nitrogens with two attached hydrogens (primary N) is 1. The van der Waals surface area contributed by atoms with E-state index < -0.39 is 0 Å². The second kappa shape index (κ2) is 3.42. The van der Waals surface area contributed by atoms with Crippen LogP contribution in [0.1, 0.15) is 19.8 Å². The van der Waals surface area contributed by atoms with E-state index in [0.717, 1.165) is 18.8 Å². The molecule has 1 rings (SSSR count). The summed E-state index contributed by atoms with van der Waals surface area (Å²) in [5, 5.41) is 0. The highest BCUT2D eigenvalue weighted by atomic mass is 16.1. The summed E-state index contributed by atoms with van der Waals surface area (Å²) in [5.41, 5.74) is 6.01. The summed E-state index contributed by atoms with van der Waals surface area (Å²) in [7, 11) is 0. The Bertz CT molecular complexity index is 181. The topological polar surface area (TPSA) is 46.3 Å². The van der Waals surface area contributed by atoms with Gasteiger partial charge in [-0.25, -0.2) is 0 Å². The summed E-state index contributed by atoms with van der Waals surface area (Å²) in [6.45, 7) is 4.06. The summed E-state index contributed by atoms with van der Waals surface area (Å²) in [6.07, 6.45) is 3.94. The van der Waals surface area contributed by atoms with Crippen LogP contribution in [0.15, 0.2) is 11.8 Å². The van der Waals surface area contributed by atoms with Gasteiger partial charge in [0.25, 0.3) is 0 Å². The quantitative estimate of drug-likeness (QED) is 0.588. The van der Waals surface area contributed by atoms with Crippen LogP contribution in [0.3, 0.4) is 0 Å². The summed E-state index contributed by atoms with van der Waals surface area (Å²) in [4.78, 5) is 12.7. The monoisotopic (exact) mass is 154 g/mol. The van der Waals surface area contributed by atoms with Gasteiger partial charge < -0.3 is 10.6 Å². The van der Waals surface area contributed by atoms with Crippen LogP contribution in [0.2, 0.25) is 0 Å². The first-order valence-electron chi connectivity index (χ1n) is 3.93. The Hall–Kier alpha value is -0.990. The molecule has 0 aliphatic carbocycles. The highest BCUT2D eigenvalue weighted by Crippen LogP contribution is 2.13. The largest absolute Gasteiger partial charge is 0.375 e. The van der Waals surface area contributed by atoms with Gasteiger partial charge in [-0.3, -0.25) is 4.79 Å². The van der Waals surface area contributed by atoms with E-state index >= 15 is 0 Å². The van der Waals surface area contributed by atoms with Gasteiger partial charge in [-0.05, 0) is 19.8 Å². The molecule has 0 spiro atoms. The maximum atomic E-state index is 10.5. The Morgan fingerprint density at radius 3 is 2.45 bits per heavy atom. The Morgan fingerprint density at radius 2 is 2.00 bits per heavy atom. The van der Waals surface area contributed by atoms with Crippen LogP contribution >= 0.6 is 0 Å². The minimum absolute atomic E-state index is 0.352. The number of nitrogens with zero attached hydrogens (tertiary/aromatic N) is 1. The van der Waals surface area contributed by atoms with E-state index in [1.54, 1.807) is 0 Å². The minimum atomic E-state index is -0.352. The van der Waals surface area contributed by atoms with E-state index in [1.807, 2.05) is 6.92 Å². The van der Waals surface area contributed by atoms with Gasteiger partial charge in [0, 0.05) is 24.9 Å². The number of carbonyl (C=O) groups is 1. The van der Waals surface area contributed by atoms with E-state index in [0.29, 0.717) is 0 Å². The first-order valence-corrected chi connectivity index (χ1v) is 3.93. The standard InChI is InChI=1S/C8H14N2O/c1-7(6-8(9)11)10-4-2-3-5-10/h6H,2-5H2,1H3,(H2,9,11). The Balaban J connectivity index is 2.51. The molecule has 1 fully saturated rings. The van der Waals surface area contributed by atoms with Crippen molar-refractivity contribution in [2.75, 3.05) is 13.1 Å². The molecule has 0 saturated carbocycles. The predicted octanol–water partition coefficient (Wildman–Crippen LogP) is 0.471. The third-order valence-electron chi connectivity index (χ3n) is 1.96. The highest BCUT2D eigenvalue weighted by molar-refractivity contribution is 5.86. The van der Waals surface area contributed by atoms with Crippen molar-refractivity contribution >= 4 is 5.91 Å². The molecule has 62 valence electrons. The molecule has 0 aromatic carbocycles. The SMILES string of the molecule is CC(=CC(N)=O)N1CCCC1. The number of hydrogen-bond acceptors (Lipinski definition) is 2. The molecular formula is C8H14N2O. The second-order valence-electron chi connectivity index (χ2n) is 2.88. The lowest BCUT2D eigenvalue weighted by Crippen LogP contribution is -2.19. The average Bonchev–Trinajstić information content (AvgIpc) is 2.35. The van der Waals surface area contributed by atoms with Gasteiger partial charge in [-0.2, -0.15) is 0 Å². The van der Waals surface area contributed by atoms with Gasteiger partial charge in [0.05, 0.1) is 0 Å². The van der Waals surface area contributed by atoms with Crippen LogP contribution in [0.5, 0.6) is 0 Å². The normalized spacial score (nSPS) is 19.0. The van der Waals surface area contributed by atoms with Crippen molar-refractivity contribution in [3.63, 3.8) is 0 Å². The van der Waals surface area contributed by atoms with Crippen LogP contribution in [-0.2, 0) is 4.79 Å². The van der Waals surface area contributed by atoms with Crippen LogP contribution < -0.4 is 5.73 Å². The zero-order valence-corrected chi connectivity index (χ0v) is 6.84. The Labute approximate surface area is 66.9 Å². The van der Waals surface area contributed by atoms with Crippen LogP contribution in [-0.4, -0.2) is 23.9 Å². The zero-order chi connectivity index (χ0) is 8.27. The van der Waals surface area contributed by atoms with E-state index in [4.69, 9.17) is 5.73 Å². The lowest BCUT2D eigenvalue weighted by Gasteiger charge is -2.16. The molecule has 3 nitrogen and oxygen atoms in total. The van der Waals surface area contributed by atoms with Crippen molar-refractivity contribution in [2.24, 2.45) is 5.73 Å². The molecule has 0 bridgehead atoms. The fourth-order valence-corrected chi connectivity index (χ4v) is 1.37. The van der Waals surface area contributed by atoms with Gasteiger partial charge in [-0.15, -0.1) is 0 Å². The molecule has 1 saturated heterocycles. The third kappa shape index (κ3) is 2.26. The number of carbonyl (C=O) groups excluding carboxylic acids is 1. The first-order chi connectivity index (χ1) is 5.20. The molecule has 0 aromatic heterocycles. The van der Waals surface area contributed by atoms with Gasteiger partial charge in [0.1, 0.15) is 0 Å². The van der Waals surface area contributed by atoms with Crippen LogP contribution in [0, 0.1) is 0 Å². The molecule has 0 atom stereocenters. The minimum Gasteiger partial charge on any atom is -0.375 e. The summed E-state index contributed by atoms with van der Waals surface area (Å²) in [5.74, 6) is -0.352. The number of allylic oxidation sites excluding steroid dienone is 1. The van der Waals surface area contributed by atoms with Crippen molar-refractivity contribution in [2.45, 2.75) is 19.8 Å². The summed E-state index contributed by atoms with van der Waals surface area (Å²) < 4.78 is 0. The van der Waals surface area contributed by atoms with Gasteiger partial charge >= 0.3 is 0 Å². The molecule has 1 aliphatic rings. The molecular weight excluding hydrogens is 140 g/mol. The summed E-state index contributed by atoms with van der Waals surface area (Å²) in [6, 6.07) is 0. The molecule has 0 radical (unpaired) electrons. The summed E-state index contributed by atoms with van der Waals surface area (Å²) >= 11 is 0. The molecule has 3 heteroatoms. The lowest BCUT2D eigenvalue weighted by molar-refractivity contribution is -0.113. The van der Waals surface area contributed by atoms with Crippen LogP contribution in [0.4, 0.5) is 0 Å². The third-order valence-corrected chi connectivity index (χ3v) is 1.96. The van der Waals surface area contributed by atoms with Crippen molar-refractivity contribution in [3.05, 3.63) is 11.8 Å². The fraction of sp³-hybridized carbons (Fsp3) is 0.625. The lowest BCUT2D eigenvalue weighted by atomic mass is 10.4. The smallest absolute Gasteiger partial charge is 0.243 e. The van der Waals surface area contributed by atoms with Crippen molar-refractivity contribution in [1.82, 2.24) is 4.90 Å². The molecule has 1 amide bonds. The van der Waals surface area contributed by atoms with Crippen molar-refractivity contribution in [1.29, 1.82) is 0 Å². The molecule has 1 heterocycles. The molecule has 0 aromatic rings. The Morgan fingerprint density at radius 1 is 1.45 bits per heavy atom. The number of hydrogen-bond donors (Lipinski definition) is 1. The van der Waals surface area contributed by atoms with Gasteiger partial charge in [0.2, 0.25) is 5.91 Å². The van der Waals surface area contributed by atoms with E-state index in [2.05, 4.69) is 4.90 Å². The van der Waals surface area contributed by atoms with Crippen molar-refractivity contribution in [3.8, 4) is 0 Å². The van der Waals surface area contributed by atoms with E-state index in [1.165, 1.54) is 18.9 Å². The number of amides is 1. The van der Waals surface area contributed by atoms with E-state index in [-0.39, 0.29) is 5.91 Å². The van der Waals surface area contributed by atoms with E-state index in [9.17, 15) is 4.79 Å². The first kappa shape index (κ1) is 8.11. The predicted molar refractivity (Wildman–Crippen MR) is 43.8 cm³/mol. The molecule has 11 heavy (non-hydrogen) atoms. The van der Waals surface area contributed by atoms with Gasteiger partial charge in [-0.1, -0.05) is 0 Å². The second-order valence-corrected chi connectivity index (χ2v) is 2.88. The van der Waals surface area contributed by atoms with Crippen molar-refractivity contribution < 1.29 is 4.79 Å². The molecule has 1 aliphatic heterocycles. The highest BCUT2D eigenvalue weighted by Gasteiger charge is 2.11. The van der Waals surface area contributed by atoms with Gasteiger partial charge in [0.15, 0.2) is 0 Å². The molecule has 2 N–H and O–H groups in total. The Kier molecular flexibility index (Phi) is 2.52. The molecule has 0 unspecified atom stereocenters. The number of likely N-dealkylation sites (tertiary alicyclic amines) is 1. The number of primary amides is 1. The maximum absolute atomic E-state index is 10.5. The average molecular weight is 154 g/mol.